The second kappa shape index (κ2) is 5.67. The van der Waals surface area contributed by atoms with Gasteiger partial charge < -0.3 is 15.2 Å². The summed E-state index contributed by atoms with van der Waals surface area (Å²) in [5, 5.41) is 0. The van der Waals surface area contributed by atoms with Gasteiger partial charge in [-0.1, -0.05) is 0 Å². The average Bonchev–Trinajstić information content (AvgIpc) is 2.27. The first-order valence-corrected chi connectivity index (χ1v) is 4.84. The van der Waals surface area contributed by atoms with Crippen molar-refractivity contribution in [1.29, 1.82) is 0 Å². The van der Waals surface area contributed by atoms with Gasteiger partial charge in [0, 0.05) is 19.4 Å². The summed E-state index contributed by atoms with van der Waals surface area (Å²) >= 11 is 0. The first-order chi connectivity index (χ1) is 8.31. The fourth-order valence-electron chi connectivity index (χ4n) is 1.09. The van der Waals surface area contributed by atoms with E-state index in [1.807, 2.05) is 0 Å². The van der Waals surface area contributed by atoms with Crippen LogP contribution in [0.1, 0.15) is 16.8 Å². The van der Waals surface area contributed by atoms with Crippen LogP contribution in [0.4, 0.5) is 13.2 Å². The fourth-order valence-corrected chi connectivity index (χ4v) is 1.09. The topological polar surface area (TPSA) is 74.4 Å². The smallest absolute Gasteiger partial charge is 0.395 e. The number of rotatable bonds is 5. The molecule has 0 aromatic carbocycles. The minimum absolute atomic E-state index is 0.0869. The fraction of sp³-hybridized carbons (Fsp3) is 0.400. The van der Waals surface area contributed by atoms with Crippen molar-refractivity contribution < 1.29 is 27.4 Å². The molecule has 1 atom stereocenters. The number of methoxy groups -OCH3 is 1. The predicted molar refractivity (Wildman–Crippen MR) is 54.9 cm³/mol. The zero-order valence-electron chi connectivity index (χ0n) is 9.40. The van der Waals surface area contributed by atoms with Crippen molar-refractivity contribution in [2.24, 2.45) is 5.73 Å². The standard InChI is InChI=1S/C10H11F3N2O3/c1-17-8(4-10(11,12)13)18-7-3-2-6(5-15-7)9(14)16/h2-3,5,8H,4H2,1H3,(H2,14,16). The lowest BCUT2D eigenvalue weighted by Crippen LogP contribution is -2.27. The van der Waals surface area contributed by atoms with Gasteiger partial charge in [-0.3, -0.25) is 4.79 Å². The maximum Gasteiger partial charge on any atom is 0.395 e. The molecule has 1 aromatic heterocycles. The van der Waals surface area contributed by atoms with Crippen LogP contribution in [0.3, 0.4) is 0 Å². The van der Waals surface area contributed by atoms with E-state index in [-0.39, 0.29) is 11.4 Å². The molecule has 1 heterocycles. The molecule has 0 saturated carbocycles. The highest BCUT2D eigenvalue weighted by Gasteiger charge is 2.33. The van der Waals surface area contributed by atoms with Crippen molar-refractivity contribution >= 4 is 5.91 Å². The third-order valence-electron chi connectivity index (χ3n) is 1.93. The Kier molecular flexibility index (Phi) is 4.49. The second-order valence-corrected chi connectivity index (χ2v) is 3.35. The molecule has 100 valence electrons. The Bertz CT molecular complexity index is 406. The molecule has 0 aliphatic rings. The number of hydrogen-bond donors (Lipinski definition) is 1. The molecule has 0 saturated heterocycles. The van der Waals surface area contributed by atoms with E-state index < -0.39 is 24.8 Å². The minimum Gasteiger partial charge on any atom is -0.448 e. The first kappa shape index (κ1) is 14.2. The third kappa shape index (κ3) is 4.58. The number of carbonyl (C=O) groups excluding carboxylic acids is 1. The van der Waals surface area contributed by atoms with Crippen molar-refractivity contribution in [3.05, 3.63) is 23.9 Å². The van der Waals surface area contributed by atoms with Crippen LogP contribution < -0.4 is 10.5 Å². The van der Waals surface area contributed by atoms with Crippen LogP contribution in [-0.4, -0.2) is 30.5 Å². The second-order valence-electron chi connectivity index (χ2n) is 3.35. The van der Waals surface area contributed by atoms with E-state index in [0.29, 0.717) is 0 Å². The number of alkyl halides is 3. The Morgan fingerprint density at radius 2 is 2.17 bits per heavy atom. The quantitative estimate of drug-likeness (QED) is 0.817. The monoisotopic (exact) mass is 264 g/mol. The van der Waals surface area contributed by atoms with Gasteiger partial charge in [-0.2, -0.15) is 13.2 Å². The first-order valence-electron chi connectivity index (χ1n) is 4.84. The SMILES string of the molecule is COC(CC(F)(F)F)Oc1ccc(C(N)=O)cn1. The molecule has 0 fully saturated rings. The number of nitrogens with zero attached hydrogens (tertiary/aromatic N) is 1. The molecule has 0 aliphatic heterocycles. The van der Waals surface area contributed by atoms with Gasteiger partial charge in [0.25, 0.3) is 0 Å². The van der Waals surface area contributed by atoms with Crippen LogP contribution in [0.25, 0.3) is 0 Å². The Balaban J connectivity index is 2.67. The Morgan fingerprint density at radius 1 is 1.50 bits per heavy atom. The van der Waals surface area contributed by atoms with E-state index in [4.69, 9.17) is 10.5 Å². The van der Waals surface area contributed by atoms with Gasteiger partial charge in [0.2, 0.25) is 18.1 Å². The van der Waals surface area contributed by atoms with Gasteiger partial charge in [-0.05, 0) is 6.07 Å². The molecule has 0 spiro atoms. The van der Waals surface area contributed by atoms with Gasteiger partial charge in [0.05, 0.1) is 5.56 Å². The summed E-state index contributed by atoms with van der Waals surface area (Å²) in [7, 11) is 1.09. The summed E-state index contributed by atoms with van der Waals surface area (Å²) in [5.74, 6) is -0.774. The molecule has 8 heteroatoms. The van der Waals surface area contributed by atoms with Crippen LogP contribution in [-0.2, 0) is 4.74 Å². The van der Waals surface area contributed by atoms with Crippen molar-refractivity contribution in [3.63, 3.8) is 0 Å². The summed E-state index contributed by atoms with van der Waals surface area (Å²) in [6.07, 6.45) is -6.05. The molecule has 1 rings (SSSR count). The number of carbonyl (C=O) groups is 1. The zero-order chi connectivity index (χ0) is 13.8. The number of pyridine rings is 1. The molecule has 5 nitrogen and oxygen atoms in total. The summed E-state index contributed by atoms with van der Waals surface area (Å²) < 4.78 is 45.8. The Hall–Kier alpha value is -1.83. The van der Waals surface area contributed by atoms with Gasteiger partial charge >= 0.3 is 6.18 Å². The van der Waals surface area contributed by atoms with E-state index in [1.165, 1.54) is 12.1 Å². The maximum absolute atomic E-state index is 12.1. The van der Waals surface area contributed by atoms with Crippen LogP contribution in [0, 0.1) is 0 Å². The lowest BCUT2D eigenvalue weighted by molar-refractivity contribution is -0.189. The van der Waals surface area contributed by atoms with Crippen molar-refractivity contribution in [1.82, 2.24) is 4.98 Å². The van der Waals surface area contributed by atoms with Crippen molar-refractivity contribution in [3.8, 4) is 5.88 Å². The molecule has 18 heavy (non-hydrogen) atoms. The summed E-state index contributed by atoms with van der Waals surface area (Å²) in [6, 6.07) is 2.54. The van der Waals surface area contributed by atoms with Gasteiger partial charge in [-0.15, -0.1) is 0 Å². The zero-order valence-corrected chi connectivity index (χ0v) is 9.40. The van der Waals surface area contributed by atoms with E-state index in [0.717, 1.165) is 13.3 Å². The third-order valence-corrected chi connectivity index (χ3v) is 1.93. The molecule has 1 aromatic rings. The van der Waals surface area contributed by atoms with Crippen LogP contribution >= 0.6 is 0 Å². The van der Waals surface area contributed by atoms with E-state index in [2.05, 4.69) is 9.72 Å². The summed E-state index contributed by atoms with van der Waals surface area (Å²) in [5.41, 5.74) is 5.11. The van der Waals surface area contributed by atoms with Crippen molar-refractivity contribution in [2.45, 2.75) is 18.9 Å². The number of nitrogens with two attached hydrogens (primary N) is 1. The van der Waals surface area contributed by atoms with E-state index in [1.54, 1.807) is 0 Å². The van der Waals surface area contributed by atoms with Crippen LogP contribution in [0.2, 0.25) is 0 Å². The molecule has 0 radical (unpaired) electrons. The number of hydrogen-bond acceptors (Lipinski definition) is 4. The molecule has 2 N–H and O–H groups in total. The molecule has 1 amide bonds. The minimum atomic E-state index is -4.41. The molecular weight excluding hydrogens is 253 g/mol. The van der Waals surface area contributed by atoms with E-state index in [9.17, 15) is 18.0 Å². The predicted octanol–water partition coefficient (Wildman–Crippen LogP) is 1.48. The summed E-state index contributed by atoms with van der Waals surface area (Å²) in [6.45, 7) is 0. The highest BCUT2D eigenvalue weighted by molar-refractivity contribution is 5.92. The number of primary amides is 1. The number of halogens is 3. The van der Waals surface area contributed by atoms with Crippen LogP contribution in [0.5, 0.6) is 5.88 Å². The average molecular weight is 264 g/mol. The largest absolute Gasteiger partial charge is 0.448 e. The Morgan fingerprint density at radius 3 is 2.56 bits per heavy atom. The highest BCUT2D eigenvalue weighted by atomic mass is 19.4. The van der Waals surface area contributed by atoms with Gasteiger partial charge in [0.1, 0.15) is 6.42 Å². The van der Waals surface area contributed by atoms with Gasteiger partial charge in [0.15, 0.2) is 0 Å². The van der Waals surface area contributed by atoms with Crippen LogP contribution in [0.15, 0.2) is 18.3 Å². The normalized spacial score (nSPS) is 13.1. The van der Waals surface area contributed by atoms with E-state index >= 15 is 0 Å². The highest BCUT2D eigenvalue weighted by Crippen LogP contribution is 2.24. The summed E-state index contributed by atoms with van der Waals surface area (Å²) in [4.78, 5) is 14.4. The molecule has 0 aliphatic carbocycles. The van der Waals surface area contributed by atoms with Gasteiger partial charge in [-0.25, -0.2) is 4.98 Å². The number of aromatic nitrogens is 1. The Labute approximate surface area is 101 Å². The van der Waals surface area contributed by atoms with Crippen molar-refractivity contribution in [2.75, 3.05) is 7.11 Å². The maximum atomic E-state index is 12.1. The lowest BCUT2D eigenvalue weighted by Gasteiger charge is -2.18. The number of amides is 1. The molecular formula is C10H11F3N2O3. The molecule has 0 bridgehead atoms. The lowest BCUT2D eigenvalue weighted by atomic mass is 10.3. The molecule has 1 unspecified atom stereocenters. The number of ether oxygens (including phenoxy) is 2.